The van der Waals surface area contributed by atoms with Crippen molar-refractivity contribution < 1.29 is 14.0 Å². The fourth-order valence-corrected chi connectivity index (χ4v) is 2.50. The third-order valence-electron chi connectivity index (χ3n) is 4.10. The minimum atomic E-state index is -0.916. The number of aryl methyl sites for hydroxylation is 1. The molecule has 0 bridgehead atoms. The van der Waals surface area contributed by atoms with Crippen LogP contribution in [0.1, 0.15) is 36.2 Å². The highest BCUT2D eigenvalue weighted by Crippen LogP contribution is 2.34. The number of halogens is 1. The van der Waals surface area contributed by atoms with Crippen molar-refractivity contribution in [3.8, 4) is 0 Å². The Kier molecular flexibility index (Phi) is 7.66. The zero-order valence-electron chi connectivity index (χ0n) is 16.4. The van der Waals surface area contributed by atoms with E-state index in [4.69, 9.17) is 7.85 Å². The zero-order chi connectivity index (χ0) is 20.7. The van der Waals surface area contributed by atoms with Gasteiger partial charge in [0.05, 0.1) is 0 Å². The van der Waals surface area contributed by atoms with E-state index in [1.54, 1.807) is 36.7 Å². The number of alkyl halides is 1. The second kappa shape index (κ2) is 9.96. The summed E-state index contributed by atoms with van der Waals surface area (Å²) in [6, 6.07) is 6.40. The smallest absolute Gasteiger partial charge is 0.254 e. The third-order valence-corrected chi connectivity index (χ3v) is 4.10. The van der Waals surface area contributed by atoms with Crippen molar-refractivity contribution >= 4 is 31.1 Å². The van der Waals surface area contributed by atoms with E-state index in [-0.39, 0.29) is 30.9 Å². The number of aromatic nitrogens is 2. The first-order chi connectivity index (χ1) is 13.4. The molecule has 2 atom stereocenters. The molecular weight excluding hydrogens is 358 g/mol. The van der Waals surface area contributed by atoms with Gasteiger partial charge in [0.15, 0.2) is 0 Å². The number of hydrogen-bond donors (Lipinski definition) is 1. The Labute approximate surface area is 166 Å². The summed E-state index contributed by atoms with van der Waals surface area (Å²) in [6.07, 6.45) is 2.66. The maximum absolute atomic E-state index is 13.3. The van der Waals surface area contributed by atoms with Gasteiger partial charge in [-0.05, 0) is 18.9 Å². The summed E-state index contributed by atoms with van der Waals surface area (Å²) in [5.41, 5.74) is 1.80. The summed E-state index contributed by atoms with van der Waals surface area (Å²) < 4.78 is 13.3. The van der Waals surface area contributed by atoms with E-state index in [9.17, 15) is 14.0 Å². The van der Waals surface area contributed by atoms with E-state index in [2.05, 4.69) is 15.3 Å². The van der Waals surface area contributed by atoms with Crippen LogP contribution in [-0.2, 0) is 4.79 Å². The van der Waals surface area contributed by atoms with E-state index in [0.717, 1.165) is 5.56 Å². The van der Waals surface area contributed by atoms with Crippen LogP contribution in [0.25, 0.3) is 0 Å². The molecule has 0 spiro atoms. The van der Waals surface area contributed by atoms with Gasteiger partial charge in [-0.3, -0.25) is 14.9 Å². The maximum atomic E-state index is 13.3. The Morgan fingerprint density at radius 1 is 1.21 bits per heavy atom. The highest BCUT2D eigenvalue weighted by atomic mass is 19.1. The van der Waals surface area contributed by atoms with Crippen LogP contribution >= 0.6 is 0 Å². The molecule has 1 fully saturated rings. The van der Waals surface area contributed by atoms with Crippen molar-refractivity contribution in [2.24, 2.45) is 5.92 Å². The van der Waals surface area contributed by atoms with Gasteiger partial charge in [0.1, 0.15) is 20.6 Å². The predicted molar refractivity (Wildman–Crippen MR) is 107 cm³/mol. The van der Waals surface area contributed by atoms with Gasteiger partial charge >= 0.3 is 0 Å². The normalized spacial score (nSPS) is 17.1. The van der Waals surface area contributed by atoms with Gasteiger partial charge in [-0.2, -0.15) is 0 Å². The van der Waals surface area contributed by atoms with Crippen molar-refractivity contribution in [3.63, 3.8) is 0 Å². The number of hydrogen-bond acceptors (Lipinski definition) is 4. The maximum Gasteiger partial charge on any atom is 0.254 e. The number of benzene rings is 1. The van der Waals surface area contributed by atoms with Crippen molar-refractivity contribution in [1.82, 2.24) is 14.9 Å². The molecule has 2 radical (unpaired) electrons. The Morgan fingerprint density at radius 3 is 2.32 bits per heavy atom. The Bertz CT molecular complexity index is 799. The Balaban J connectivity index is 0.00000136. The molecule has 2 aromatic rings. The monoisotopic (exact) mass is 382 g/mol. The van der Waals surface area contributed by atoms with Gasteiger partial charge in [0, 0.05) is 30.4 Å². The number of nitrogens with one attached hydrogen (secondary N) is 1. The van der Waals surface area contributed by atoms with Crippen LogP contribution in [0.4, 0.5) is 10.3 Å². The van der Waals surface area contributed by atoms with Crippen molar-refractivity contribution in [3.05, 3.63) is 47.8 Å². The second-order valence-electron chi connectivity index (χ2n) is 6.45. The molecule has 0 unspecified atom stereocenters. The quantitative estimate of drug-likeness (QED) is 0.776. The molecule has 0 saturated heterocycles. The van der Waals surface area contributed by atoms with Crippen LogP contribution in [0, 0.1) is 12.8 Å². The molecule has 6 nitrogen and oxygen atoms in total. The first-order valence-corrected chi connectivity index (χ1v) is 9.30. The van der Waals surface area contributed by atoms with Crippen molar-refractivity contribution in [1.29, 1.82) is 0 Å². The van der Waals surface area contributed by atoms with Gasteiger partial charge in [0.25, 0.3) is 5.91 Å². The molecule has 146 valence electrons. The van der Waals surface area contributed by atoms with Gasteiger partial charge in [-0.15, -0.1) is 0 Å². The highest BCUT2D eigenvalue weighted by molar-refractivity contribution is 6.32. The highest BCUT2D eigenvalue weighted by Gasteiger charge is 2.40. The van der Waals surface area contributed by atoms with E-state index in [1.165, 1.54) is 4.90 Å². The van der Waals surface area contributed by atoms with Gasteiger partial charge in [-0.25, -0.2) is 14.4 Å². The Morgan fingerprint density at radius 2 is 1.79 bits per heavy atom. The fraction of sp³-hybridized carbons (Fsp3) is 0.400. The predicted octanol–water partition coefficient (Wildman–Crippen LogP) is 2.04. The molecular formula is C20H24BFN4O2. The molecule has 1 heterocycles. The molecule has 1 aliphatic rings. The van der Waals surface area contributed by atoms with Gasteiger partial charge < -0.3 is 4.90 Å². The first kappa shape index (κ1) is 21.5. The molecule has 2 amide bonds. The number of anilines is 1. The summed E-state index contributed by atoms with van der Waals surface area (Å²) in [6.45, 7) is 5.82. The van der Waals surface area contributed by atoms with Crippen LogP contribution in [0.2, 0.25) is 0 Å². The minimum Gasteiger partial charge on any atom is -0.329 e. The van der Waals surface area contributed by atoms with E-state index >= 15 is 0 Å². The lowest BCUT2D eigenvalue weighted by Gasteiger charge is -2.22. The number of rotatable bonds is 6. The summed E-state index contributed by atoms with van der Waals surface area (Å²) in [5, 5.41) is 2.55. The first-order valence-electron chi connectivity index (χ1n) is 9.30. The summed E-state index contributed by atoms with van der Waals surface area (Å²) in [5.74, 6) is -0.843. The van der Waals surface area contributed by atoms with Gasteiger partial charge in [-0.1, -0.05) is 43.6 Å². The molecule has 1 aromatic heterocycles. The lowest BCUT2D eigenvalue weighted by molar-refractivity contribution is -0.117. The largest absolute Gasteiger partial charge is 0.329 e. The molecule has 1 N–H and O–H groups in total. The lowest BCUT2D eigenvalue weighted by Crippen LogP contribution is -2.40. The second-order valence-corrected chi connectivity index (χ2v) is 6.45. The minimum absolute atomic E-state index is 0.162. The van der Waals surface area contributed by atoms with Crippen LogP contribution in [0.15, 0.2) is 36.7 Å². The number of amides is 2. The average molecular weight is 382 g/mol. The molecule has 1 saturated carbocycles. The van der Waals surface area contributed by atoms with Crippen LogP contribution in [-0.4, -0.2) is 53.8 Å². The van der Waals surface area contributed by atoms with Crippen LogP contribution in [0.5, 0.6) is 0 Å². The zero-order valence-corrected chi connectivity index (χ0v) is 16.4. The standard InChI is InChI=1S/C18H18BFN4O2.C2H6/c1-11-7-21-18(22-8-11)23-16(25)10-24(9-13-6-15(13)20)17(26)12-2-4-14(19)5-3-12;1-2/h2-5,7-8,13,15H,6,9-10H2,1H3,(H,21,22,23,25);1-2H3/t13-,15-;/m0./s1. The van der Waals surface area contributed by atoms with Crippen molar-refractivity contribution in [2.75, 3.05) is 18.4 Å². The van der Waals surface area contributed by atoms with E-state index in [1.807, 2.05) is 20.8 Å². The van der Waals surface area contributed by atoms with Crippen LogP contribution in [0.3, 0.4) is 0 Å². The van der Waals surface area contributed by atoms with E-state index in [0.29, 0.717) is 17.4 Å². The van der Waals surface area contributed by atoms with Crippen LogP contribution < -0.4 is 10.8 Å². The SMILES string of the molecule is CC.[B]c1ccc(C(=O)N(CC(=O)Nc2ncc(C)cn2)C[C@@H]2C[C@@H]2F)cc1. The Hall–Kier alpha value is -2.77. The molecule has 8 heteroatoms. The summed E-state index contributed by atoms with van der Waals surface area (Å²) >= 11 is 0. The molecule has 0 aliphatic heterocycles. The molecule has 1 aliphatic carbocycles. The summed E-state index contributed by atoms with van der Waals surface area (Å²) in [4.78, 5) is 34.3. The topological polar surface area (TPSA) is 75.2 Å². The number of carbonyl (C=O) groups is 2. The molecule has 1 aromatic carbocycles. The molecule has 28 heavy (non-hydrogen) atoms. The summed E-state index contributed by atoms with van der Waals surface area (Å²) in [7, 11) is 5.64. The van der Waals surface area contributed by atoms with E-state index < -0.39 is 12.1 Å². The molecule has 3 rings (SSSR count). The average Bonchev–Trinajstić information content (AvgIpc) is 3.39. The fourth-order valence-electron chi connectivity index (χ4n) is 2.50. The number of nitrogens with zero attached hydrogens (tertiary/aromatic N) is 3. The third kappa shape index (κ3) is 6.15. The van der Waals surface area contributed by atoms with Gasteiger partial charge in [0.2, 0.25) is 11.9 Å². The lowest BCUT2D eigenvalue weighted by atomic mass is 9.95. The number of carbonyl (C=O) groups excluding carboxylic acids is 2. The van der Waals surface area contributed by atoms with Crippen molar-refractivity contribution in [2.45, 2.75) is 33.4 Å².